The maximum absolute atomic E-state index is 13.5. The van der Waals surface area contributed by atoms with Crippen LogP contribution < -0.4 is 11.1 Å². The van der Waals surface area contributed by atoms with E-state index in [1.165, 1.54) is 5.56 Å². The maximum atomic E-state index is 13.5. The Hall–Kier alpha value is -5.01. The van der Waals surface area contributed by atoms with Crippen LogP contribution in [0, 0.1) is 0 Å². The summed E-state index contributed by atoms with van der Waals surface area (Å²) < 4.78 is 0. The number of phenols is 1. The van der Waals surface area contributed by atoms with Crippen LogP contribution in [0.3, 0.4) is 0 Å². The van der Waals surface area contributed by atoms with Gasteiger partial charge in [0.25, 0.3) is 5.91 Å². The summed E-state index contributed by atoms with van der Waals surface area (Å²) >= 11 is 0. The number of fused-ring (bicyclic) bond motifs is 5. The molecule has 0 fully saturated rings. The van der Waals surface area contributed by atoms with Crippen LogP contribution in [-0.2, 0) is 12.0 Å². The SMILES string of the molecule is CCCCC(N)(CC)c1ccc(/N=N\c2c(O)c(C(=O)Nc3ccc(CC)cc3)cc3ccc4c5ccccc5[nH]c4c23)cc1. The molecule has 228 valence electrons. The first kappa shape index (κ1) is 30.0. The second-order valence-corrected chi connectivity index (χ2v) is 11.7. The minimum atomic E-state index is -0.429. The average Bonchev–Trinajstić information content (AvgIpc) is 3.46. The molecular weight excluding hydrogens is 558 g/mol. The highest BCUT2D eigenvalue weighted by Crippen LogP contribution is 2.44. The quantitative estimate of drug-likeness (QED) is 0.118. The van der Waals surface area contributed by atoms with E-state index in [1.54, 1.807) is 6.07 Å². The first-order chi connectivity index (χ1) is 21.8. The molecule has 0 aliphatic carbocycles. The summed E-state index contributed by atoms with van der Waals surface area (Å²) in [6.45, 7) is 6.37. The molecule has 1 aromatic heterocycles. The number of hydrogen-bond donors (Lipinski definition) is 4. The summed E-state index contributed by atoms with van der Waals surface area (Å²) in [6.07, 6.45) is 4.82. The number of aromatic amines is 1. The van der Waals surface area contributed by atoms with Crippen molar-refractivity contribution in [2.24, 2.45) is 16.0 Å². The van der Waals surface area contributed by atoms with Crippen LogP contribution in [0.25, 0.3) is 32.6 Å². The number of anilines is 1. The molecule has 1 atom stereocenters. The number of para-hydroxylation sites is 1. The zero-order valence-electron chi connectivity index (χ0n) is 26.0. The molecule has 45 heavy (non-hydrogen) atoms. The van der Waals surface area contributed by atoms with Gasteiger partial charge in [-0.25, -0.2) is 0 Å². The lowest BCUT2D eigenvalue weighted by Gasteiger charge is -2.29. The predicted molar refractivity (Wildman–Crippen MR) is 185 cm³/mol. The number of aromatic hydroxyl groups is 1. The number of amides is 1. The Kier molecular flexibility index (Phi) is 8.37. The number of azo groups is 1. The number of carbonyl (C=O) groups excluding carboxylic acids is 1. The number of hydrogen-bond acceptors (Lipinski definition) is 5. The van der Waals surface area contributed by atoms with Crippen LogP contribution in [0.15, 0.2) is 101 Å². The third kappa shape index (κ3) is 5.79. The molecule has 1 amide bonds. The average molecular weight is 598 g/mol. The van der Waals surface area contributed by atoms with Crippen molar-refractivity contribution in [2.45, 2.75) is 58.4 Å². The highest BCUT2D eigenvalue weighted by atomic mass is 16.3. The van der Waals surface area contributed by atoms with Gasteiger partial charge in [-0.2, -0.15) is 5.11 Å². The first-order valence-corrected chi connectivity index (χ1v) is 15.8. The standard InChI is InChI=1S/C38H39N5O2/c1-4-7-22-38(39,6-3)26-15-19-28(20-16-26)42-43-35-33-25(14-21-30-29-10-8-9-11-32(29)41-34(30)33)23-31(36(35)44)37(45)40-27-17-12-24(5-2)13-18-27/h8-21,23,41,44H,4-7,22,39H2,1-3H3,(H,40,45)/b43-42-. The Morgan fingerprint density at radius 3 is 2.38 bits per heavy atom. The zero-order chi connectivity index (χ0) is 31.6. The fraction of sp³-hybridized carbons (Fsp3) is 0.237. The minimum Gasteiger partial charge on any atom is -0.505 e. The van der Waals surface area contributed by atoms with Crippen LogP contribution >= 0.6 is 0 Å². The molecule has 0 saturated heterocycles. The van der Waals surface area contributed by atoms with E-state index in [0.717, 1.165) is 64.9 Å². The van der Waals surface area contributed by atoms with Gasteiger partial charge in [0.05, 0.1) is 16.8 Å². The molecule has 1 unspecified atom stereocenters. The van der Waals surface area contributed by atoms with Crippen molar-refractivity contribution in [3.05, 3.63) is 108 Å². The van der Waals surface area contributed by atoms with Gasteiger partial charge in [-0.15, -0.1) is 5.11 Å². The van der Waals surface area contributed by atoms with Gasteiger partial charge >= 0.3 is 0 Å². The van der Waals surface area contributed by atoms with E-state index in [-0.39, 0.29) is 22.5 Å². The summed E-state index contributed by atoms with van der Waals surface area (Å²) in [7, 11) is 0. The third-order valence-corrected chi connectivity index (χ3v) is 8.91. The van der Waals surface area contributed by atoms with Gasteiger partial charge in [-0.05, 0) is 72.2 Å². The Morgan fingerprint density at radius 2 is 1.67 bits per heavy atom. The van der Waals surface area contributed by atoms with Crippen molar-refractivity contribution >= 4 is 55.5 Å². The molecule has 0 aliphatic rings. The van der Waals surface area contributed by atoms with E-state index in [1.807, 2.05) is 78.9 Å². The smallest absolute Gasteiger partial charge is 0.259 e. The van der Waals surface area contributed by atoms with Gasteiger partial charge < -0.3 is 21.1 Å². The summed E-state index contributed by atoms with van der Waals surface area (Å²) in [5.41, 5.74) is 12.0. The Morgan fingerprint density at radius 1 is 0.911 bits per heavy atom. The molecular formula is C38H39N5O2. The molecule has 5 N–H and O–H groups in total. The highest BCUT2D eigenvalue weighted by Gasteiger charge is 2.25. The summed E-state index contributed by atoms with van der Waals surface area (Å²) in [4.78, 5) is 17.0. The summed E-state index contributed by atoms with van der Waals surface area (Å²) in [5, 5.41) is 27.2. The third-order valence-electron chi connectivity index (χ3n) is 8.91. The van der Waals surface area contributed by atoms with Gasteiger partial charge in [0.15, 0.2) is 5.75 Å². The molecule has 0 radical (unpaired) electrons. The largest absolute Gasteiger partial charge is 0.505 e. The number of nitrogens with one attached hydrogen (secondary N) is 2. The Bertz CT molecular complexity index is 2030. The van der Waals surface area contributed by atoms with Crippen LogP contribution in [0.5, 0.6) is 5.75 Å². The molecule has 0 bridgehead atoms. The Balaban J connectivity index is 1.45. The van der Waals surface area contributed by atoms with Crippen molar-refractivity contribution in [1.82, 2.24) is 4.98 Å². The molecule has 0 aliphatic heterocycles. The second-order valence-electron chi connectivity index (χ2n) is 11.7. The Labute approximate surface area is 263 Å². The number of nitrogens with zero attached hydrogens (tertiary/aromatic N) is 2. The molecule has 1 heterocycles. The molecule has 6 rings (SSSR count). The number of nitrogens with two attached hydrogens (primary N) is 1. The van der Waals surface area contributed by atoms with Crippen LogP contribution in [0.1, 0.15) is 67.9 Å². The van der Waals surface area contributed by atoms with Crippen molar-refractivity contribution in [1.29, 1.82) is 0 Å². The van der Waals surface area contributed by atoms with Crippen molar-refractivity contribution < 1.29 is 9.90 Å². The lowest BCUT2D eigenvalue weighted by atomic mass is 9.83. The number of rotatable bonds is 10. The van der Waals surface area contributed by atoms with Crippen molar-refractivity contribution in [2.75, 3.05) is 5.32 Å². The summed E-state index contributed by atoms with van der Waals surface area (Å²) in [6, 6.07) is 29.3. The predicted octanol–water partition coefficient (Wildman–Crippen LogP) is 10.2. The van der Waals surface area contributed by atoms with E-state index in [0.29, 0.717) is 16.8 Å². The number of aryl methyl sites for hydroxylation is 1. The normalized spacial score (nSPS) is 13.2. The molecule has 6 aromatic rings. The number of phenolic OH excluding ortho intramolecular Hbond substituents is 1. The van der Waals surface area contributed by atoms with Gasteiger partial charge in [-0.3, -0.25) is 4.79 Å². The lowest BCUT2D eigenvalue weighted by molar-refractivity contribution is 0.102. The number of H-pyrrole nitrogens is 1. The van der Waals surface area contributed by atoms with Gasteiger partial charge in [0, 0.05) is 32.9 Å². The van der Waals surface area contributed by atoms with Gasteiger partial charge in [0.2, 0.25) is 0 Å². The monoisotopic (exact) mass is 597 g/mol. The molecule has 7 nitrogen and oxygen atoms in total. The number of aromatic nitrogens is 1. The van der Waals surface area contributed by atoms with Crippen molar-refractivity contribution in [3.63, 3.8) is 0 Å². The summed E-state index contributed by atoms with van der Waals surface area (Å²) in [5.74, 6) is -0.662. The number of carbonyl (C=O) groups is 1. The molecule has 5 aromatic carbocycles. The van der Waals surface area contributed by atoms with E-state index in [4.69, 9.17) is 5.73 Å². The second kappa shape index (κ2) is 12.5. The topological polar surface area (TPSA) is 116 Å². The van der Waals surface area contributed by atoms with Gasteiger partial charge in [-0.1, -0.05) is 88.2 Å². The fourth-order valence-electron chi connectivity index (χ4n) is 6.06. The van der Waals surface area contributed by atoms with E-state index >= 15 is 0 Å². The van der Waals surface area contributed by atoms with Crippen molar-refractivity contribution in [3.8, 4) is 5.75 Å². The number of benzene rings is 5. The minimum absolute atomic E-state index is 0.119. The lowest BCUT2D eigenvalue weighted by Crippen LogP contribution is -2.35. The molecule has 0 spiro atoms. The van der Waals surface area contributed by atoms with Crippen LogP contribution in [0.2, 0.25) is 0 Å². The zero-order valence-corrected chi connectivity index (χ0v) is 26.0. The van der Waals surface area contributed by atoms with E-state index in [2.05, 4.69) is 47.4 Å². The van der Waals surface area contributed by atoms with E-state index in [9.17, 15) is 9.90 Å². The number of unbranched alkanes of at least 4 members (excludes halogenated alkanes) is 1. The molecule has 0 saturated carbocycles. The highest BCUT2D eigenvalue weighted by molar-refractivity contribution is 6.22. The fourth-order valence-corrected chi connectivity index (χ4v) is 6.06. The van der Waals surface area contributed by atoms with Crippen LogP contribution in [-0.4, -0.2) is 16.0 Å². The maximum Gasteiger partial charge on any atom is 0.259 e. The first-order valence-electron chi connectivity index (χ1n) is 15.8. The van der Waals surface area contributed by atoms with E-state index < -0.39 is 5.91 Å². The van der Waals surface area contributed by atoms with Crippen LogP contribution in [0.4, 0.5) is 17.1 Å². The molecule has 7 heteroatoms. The van der Waals surface area contributed by atoms with Gasteiger partial charge in [0.1, 0.15) is 5.69 Å².